The van der Waals surface area contributed by atoms with Gasteiger partial charge < -0.3 is 9.42 Å². The molecule has 0 spiro atoms. The van der Waals surface area contributed by atoms with Crippen LogP contribution in [0.5, 0.6) is 0 Å². The van der Waals surface area contributed by atoms with Crippen molar-refractivity contribution in [3.63, 3.8) is 0 Å². The number of amides is 1. The van der Waals surface area contributed by atoms with E-state index in [4.69, 9.17) is 4.52 Å². The van der Waals surface area contributed by atoms with Gasteiger partial charge in [-0.1, -0.05) is 35.8 Å². The molecule has 160 valence electrons. The fourth-order valence-electron chi connectivity index (χ4n) is 3.10. The van der Waals surface area contributed by atoms with Crippen molar-refractivity contribution in [2.24, 2.45) is 0 Å². The SMILES string of the molecule is CC[C@H](C(=O)N(C)Cc1nc(-c2cccs2)no1)N(c1ccc(C)cc1)S(C)(=O)=O. The maximum atomic E-state index is 13.2. The lowest BCUT2D eigenvalue weighted by Gasteiger charge is -2.32. The van der Waals surface area contributed by atoms with Crippen LogP contribution in [0.3, 0.4) is 0 Å². The van der Waals surface area contributed by atoms with E-state index in [1.165, 1.54) is 20.5 Å². The Morgan fingerprint density at radius 3 is 2.50 bits per heavy atom. The fraction of sp³-hybridized carbons (Fsp3) is 0.350. The van der Waals surface area contributed by atoms with E-state index >= 15 is 0 Å². The van der Waals surface area contributed by atoms with Crippen LogP contribution in [0.4, 0.5) is 5.69 Å². The minimum atomic E-state index is -3.68. The van der Waals surface area contributed by atoms with Gasteiger partial charge in [0.1, 0.15) is 6.04 Å². The maximum Gasteiger partial charge on any atom is 0.246 e. The third-order valence-corrected chi connectivity index (χ3v) is 6.60. The molecule has 8 nitrogen and oxygen atoms in total. The summed E-state index contributed by atoms with van der Waals surface area (Å²) >= 11 is 1.49. The topological polar surface area (TPSA) is 96.6 Å². The summed E-state index contributed by atoms with van der Waals surface area (Å²) in [6.45, 7) is 3.78. The highest BCUT2D eigenvalue weighted by Crippen LogP contribution is 2.25. The summed E-state index contributed by atoms with van der Waals surface area (Å²) in [5, 5.41) is 5.86. The van der Waals surface area contributed by atoms with Gasteiger partial charge in [0.05, 0.1) is 23.4 Å². The van der Waals surface area contributed by atoms with E-state index in [-0.39, 0.29) is 18.3 Å². The Morgan fingerprint density at radius 1 is 1.23 bits per heavy atom. The van der Waals surface area contributed by atoms with Crippen LogP contribution in [0.25, 0.3) is 10.7 Å². The molecule has 10 heteroatoms. The third-order valence-electron chi connectivity index (χ3n) is 4.56. The molecule has 1 amide bonds. The lowest BCUT2D eigenvalue weighted by molar-refractivity contribution is -0.132. The molecule has 0 aliphatic carbocycles. The zero-order valence-electron chi connectivity index (χ0n) is 17.3. The highest BCUT2D eigenvalue weighted by atomic mass is 32.2. The molecule has 0 N–H and O–H groups in total. The molecule has 1 atom stereocenters. The number of carbonyl (C=O) groups is 1. The molecule has 1 aromatic carbocycles. The monoisotopic (exact) mass is 448 g/mol. The maximum absolute atomic E-state index is 13.2. The van der Waals surface area contributed by atoms with Gasteiger partial charge in [0.25, 0.3) is 0 Å². The van der Waals surface area contributed by atoms with Crippen molar-refractivity contribution in [3.8, 4) is 10.7 Å². The molecule has 0 unspecified atom stereocenters. The van der Waals surface area contributed by atoms with Gasteiger partial charge in [-0.05, 0) is 36.9 Å². The van der Waals surface area contributed by atoms with Gasteiger partial charge in [-0.3, -0.25) is 9.10 Å². The largest absolute Gasteiger partial charge is 0.337 e. The molecule has 30 heavy (non-hydrogen) atoms. The first-order valence-corrected chi connectivity index (χ1v) is 12.1. The molecule has 0 saturated carbocycles. The summed E-state index contributed by atoms with van der Waals surface area (Å²) in [4.78, 5) is 19.8. The van der Waals surface area contributed by atoms with E-state index in [0.717, 1.165) is 16.7 Å². The molecule has 0 saturated heterocycles. The van der Waals surface area contributed by atoms with Gasteiger partial charge in [0.15, 0.2) is 0 Å². The van der Waals surface area contributed by atoms with Crippen molar-refractivity contribution in [2.45, 2.75) is 32.9 Å². The number of likely N-dealkylation sites (N-methyl/N-ethyl adjacent to an activating group) is 1. The van der Waals surface area contributed by atoms with Crippen LogP contribution < -0.4 is 4.31 Å². The zero-order chi connectivity index (χ0) is 21.9. The normalized spacial score (nSPS) is 12.5. The quantitative estimate of drug-likeness (QED) is 0.524. The van der Waals surface area contributed by atoms with Crippen molar-refractivity contribution in [3.05, 3.63) is 53.2 Å². The van der Waals surface area contributed by atoms with E-state index in [2.05, 4.69) is 10.1 Å². The highest BCUT2D eigenvalue weighted by Gasteiger charge is 2.33. The van der Waals surface area contributed by atoms with Gasteiger partial charge in [-0.15, -0.1) is 11.3 Å². The second-order valence-electron chi connectivity index (χ2n) is 7.00. The molecule has 0 fully saturated rings. The predicted molar refractivity (Wildman–Crippen MR) is 117 cm³/mol. The first-order chi connectivity index (χ1) is 14.2. The number of rotatable bonds is 8. The van der Waals surface area contributed by atoms with E-state index in [0.29, 0.717) is 17.9 Å². The number of sulfonamides is 1. The molecule has 2 heterocycles. The third kappa shape index (κ3) is 4.88. The first kappa shape index (κ1) is 22.0. The zero-order valence-corrected chi connectivity index (χ0v) is 18.9. The molecule has 2 aromatic heterocycles. The van der Waals surface area contributed by atoms with Crippen molar-refractivity contribution in [1.29, 1.82) is 0 Å². The van der Waals surface area contributed by atoms with Gasteiger partial charge in [-0.2, -0.15) is 4.98 Å². The van der Waals surface area contributed by atoms with Crippen LogP contribution in [0.2, 0.25) is 0 Å². The molecular weight excluding hydrogens is 424 g/mol. The Morgan fingerprint density at radius 2 is 1.93 bits per heavy atom. The van der Waals surface area contributed by atoms with E-state index in [9.17, 15) is 13.2 Å². The van der Waals surface area contributed by atoms with Crippen molar-refractivity contribution in [2.75, 3.05) is 17.6 Å². The van der Waals surface area contributed by atoms with E-state index in [1.54, 1.807) is 26.1 Å². The van der Waals surface area contributed by atoms with Gasteiger partial charge in [-0.25, -0.2) is 8.42 Å². The number of anilines is 1. The summed E-state index contributed by atoms with van der Waals surface area (Å²) < 4.78 is 31.6. The average molecular weight is 449 g/mol. The second-order valence-corrected chi connectivity index (χ2v) is 9.81. The predicted octanol–water partition coefficient (Wildman–Crippen LogP) is 3.31. The smallest absolute Gasteiger partial charge is 0.246 e. The minimum Gasteiger partial charge on any atom is -0.337 e. The Kier molecular flexibility index (Phi) is 6.57. The Labute approximate surface area is 180 Å². The molecule has 3 aromatic rings. The van der Waals surface area contributed by atoms with E-state index in [1.807, 2.05) is 36.6 Å². The molecule has 0 aliphatic heterocycles. The number of hydrogen-bond donors (Lipinski definition) is 0. The van der Waals surface area contributed by atoms with Crippen molar-refractivity contribution < 1.29 is 17.7 Å². The minimum absolute atomic E-state index is 0.0825. The number of nitrogens with zero attached hydrogens (tertiary/aromatic N) is 4. The van der Waals surface area contributed by atoms with Crippen LogP contribution in [-0.2, 0) is 21.4 Å². The summed E-state index contributed by atoms with van der Waals surface area (Å²) in [6, 6.07) is 9.94. The first-order valence-electron chi connectivity index (χ1n) is 9.38. The lowest BCUT2D eigenvalue weighted by Crippen LogP contribution is -2.49. The lowest BCUT2D eigenvalue weighted by atomic mass is 10.1. The number of carbonyl (C=O) groups excluding carboxylic acids is 1. The highest BCUT2D eigenvalue weighted by molar-refractivity contribution is 7.92. The number of hydrogen-bond acceptors (Lipinski definition) is 7. The van der Waals surface area contributed by atoms with Crippen LogP contribution in [-0.4, -0.2) is 48.7 Å². The summed E-state index contributed by atoms with van der Waals surface area (Å²) in [7, 11) is -2.09. The van der Waals surface area contributed by atoms with Gasteiger partial charge in [0.2, 0.25) is 27.6 Å². The molecule has 3 rings (SSSR count). The number of benzene rings is 1. The van der Waals surface area contributed by atoms with Crippen molar-refractivity contribution >= 4 is 33.0 Å². The molecule has 0 radical (unpaired) electrons. The number of aryl methyl sites for hydroxylation is 1. The summed E-state index contributed by atoms with van der Waals surface area (Å²) in [5.41, 5.74) is 1.45. The fourth-order valence-corrected chi connectivity index (χ4v) is 4.95. The molecule has 0 bridgehead atoms. The van der Waals surface area contributed by atoms with Gasteiger partial charge >= 0.3 is 0 Å². The Hall–Kier alpha value is -2.72. The van der Waals surface area contributed by atoms with Crippen LogP contribution in [0.15, 0.2) is 46.3 Å². The number of thiophene rings is 1. The summed E-state index contributed by atoms with van der Waals surface area (Å²) in [5.74, 6) is 0.398. The van der Waals surface area contributed by atoms with Crippen LogP contribution >= 0.6 is 11.3 Å². The average Bonchev–Trinajstić information content (AvgIpc) is 3.37. The molecule has 0 aliphatic rings. The second kappa shape index (κ2) is 8.97. The Balaban J connectivity index is 1.81. The van der Waals surface area contributed by atoms with Crippen LogP contribution in [0, 0.1) is 6.92 Å². The van der Waals surface area contributed by atoms with Crippen molar-refractivity contribution in [1.82, 2.24) is 15.0 Å². The van der Waals surface area contributed by atoms with E-state index < -0.39 is 16.1 Å². The number of aromatic nitrogens is 2. The molecular formula is C20H24N4O4S2. The summed E-state index contributed by atoms with van der Waals surface area (Å²) in [6.07, 6.45) is 1.42. The van der Waals surface area contributed by atoms with Gasteiger partial charge in [0, 0.05) is 7.05 Å². The van der Waals surface area contributed by atoms with Crippen LogP contribution in [0.1, 0.15) is 24.8 Å². The standard InChI is InChI=1S/C20H24N4O4S2/c1-5-16(24(30(4,26)27)15-10-8-14(2)9-11-15)20(25)23(3)13-18-21-19(22-28-18)17-7-6-12-29-17/h6-12,16H,5,13H2,1-4H3/t16-/m1/s1. The Bertz CT molecular complexity index is 1090.